The first-order valence-corrected chi connectivity index (χ1v) is 20.5. The molecular weight excluding hydrogens is 731 g/mol. The van der Waals surface area contributed by atoms with Gasteiger partial charge in [-0.25, -0.2) is 0 Å². The van der Waals surface area contributed by atoms with Crippen molar-refractivity contribution in [1.29, 1.82) is 0 Å². The molecule has 0 aliphatic carbocycles. The van der Waals surface area contributed by atoms with E-state index in [9.17, 15) is 0 Å². The Labute approximate surface area is 345 Å². The van der Waals surface area contributed by atoms with E-state index < -0.39 is 0 Å². The molecule has 0 aliphatic rings. The van der Waals surface area contributed by atoms with E-state index in [-0.39, 0.29) is 0 Å². The molecule has 0 saturated carbocycles. The lowest BCUT2D eigenvalue weighted by Crippen LogP contribution is -1.95. The van der Waals surface area contributed by atoms with E-state index in [0.717, 1.165) is 44.6 Å². The summed E-state index contributed by atoms with van der Waals surface area (Å²) in [6.45, 7) is 0. The number of nitrogens with zero attached hydrogens (tertiary/aromatic N) is 3. The van der Waals surface area contributed by atoms with Gasteiger partial charge in [-0.05, 0) is 107 Å². The van der Waals surface area contributed by atoms with Gasteiger partial charge in [-0.1, -0.05) is 127 Å². The average Bonchev–Trinajstić information content (AvgIpc) is 4.05. The van der Waals surface area contributed by atoms with Crippen molar-refractivity contribution in [3.05, 3.63) is 212 Å². The molecule has 13 rings (SSSR count). The van der Waals surface area contributed by atoms with Crippen LogP contribution in [0.3, 0.4) is 0 Å². The van der Waals surface area contributed by atoms with Crippen LogP contribution in [-0.2, 0) is 0 Å². The normalized spacial score (nSPS) is 12.0. The molecule has 0 amide bonds. The molecule has 0 bridgehead atoms. The molecule has 0 spiro atoms. The molecule has 0 unspecified atom stereocenters. The van der Waals surface area contributed by atoms with E-state index in [1.54, 1.807) is 0 Å². The second kappa shape index (κ2) is 12.7. The molecule has 60 heavy (non-hydrogen) atoms. The Kier molecular flexibility index (Phi) is 6.98. The number of hydrogen-bond acceptors (Lipinski definition) is 1. The van der Waals surface area contributed by atoms with Gasteiger partial charge in [-0.2, -0.15) is 0 Å². The zero-order valence-corrected chi connectivity index (χ0v) is 32.5. The third-order valence-electron chi connectivity index (χ3n) is 12.5. The zero-order chi connectivity index (χ0) is 39.3. The Balaban J connectivity index is 0.949. The molecule has 280 valence electrons. The van der Waals surface area contributed by atoms with Gasteiger partial charge in [0.15, 0.2) is 0 Å². The fourth-order valence-electron chi connectivity index (χ4n) is 9.74. The maximum atomic E-state index is 6.54. The Hall–Kier alpha value is -8.08. The predicted octanol–water partition coefficient (Wildman–Crippen LogP) is 15.1. The Morgan fingerprint density at radius 3 is 1.33 bits per heavy atom. The summed E-state index contributed by atoms with van der Waals surface area (Å²) >= 11 is 0. The summed E-state index contributed by atoms with van der Waals surface area (Å²) in [5, 5.41) is 8.43. The van der Waals surface area contributed by atoms with Crippen LogP contribution in [0.1, 0.15) is 0 Å². The Morgan fingerprint density at radius 2 is 0.700 bits per heavy atom. The standard InChI is InChI=1S/C56H35N3O/c1-3-13-40(14-4-1)57-51-30-27-38(33-46(51)47-35-42(29-32-52(47)57)58-49-20-10-7-17-43(49)44-18-8-11-21-50(44)58)36-23-25-37(26-24-36)39-28-31-53-48(34-39)55-45-19-9-12-22-54(45)60-56(55)59(53)41-15-5-2-6-16-41/h1-35H. The van der Waals surface area contributed by atoms with Crippen molar-refractivity contribution in [2.24, 2.45) is 0 Å². The maximum Gasteiger partial charge on any atom is 0.213 e. The average molecular weight is 766 g/mol. The van der Waals surface area contributed by atoms with Gasteiger partial charge < -0.3 is 13.6 Å². The second-order valence-corrected chi connectivity index (χ2v) is 15.7. The molecular formula is C56H35N3O. The van der Waals surface area contributed by atoms with Crippen LogP contribution in [0.25, 0.3) is 116 Å². The van der Waals surface area contributed by atoms with Crippen molar-refractivity contribution in [3.8, 4) is 39.3 Å². The topological polar surface area (TPSA) is 27.9 Å². The van der Waals surface area contributed by atoms with Gasteiger partial charge in [-0.15, -0.1) is 0 Å². The lowest BCUT2D eigenvalue weighted by molar-refractivity contribution is 0.645. The maximum absolute atomic E-state index is 6.54. The minimum Gasteiger partial charge on any atom is -0.439 e. The molecule has 0 fully saturated rings. The third kappa shape index (κ3) is 4.79. The molecule has 9 aromatic carbocycles. The SMILES string of the molecule is c1ccc(-n2c3ccc(-c4ccc(-c5ccc6c(c5)c5c7ccccc7oc5n6-c5ccccc5)cc4)cc3c3cc(-n4c5ccccc5c5ccccc54)ccc32)cc1. The van der Waals surface area contributed by atoms with E-state index in [1.165, 1.54) is 71.3 Å². The third-order valence-corrected chi connectivity index (χ3v) is 12.5. The van der Waals surface area contributed by atoms with E-state index in [4.69, 9.17) is 4.42 Å². The second-order valence-electron chi connectivity index (χ2n) is 15.7. The summed E-state index contributed by atoms with van der Waals surface area (Å²) in [7, 11) is 0. The quantitative estimate of drug-likeness (QED) is 0.171. The number of para-hydroxylation sites is 5. The molecule has 13 aromatic rings. The van der Waals surface area contributed by atoms with Crippen LogP contribution in [0.2, 0.25) is 0 Å². The van der Waals surface area contributed by atoms with Crippen molar-refractivity contribution in [3.63, 3.8) is 0 Å². The minimum atomic E-state index is 0.871. The number of hydrogen-bond donors (Lipinski definition) is 0. The van der Waals surface area contributed by atoms with Gasteiger partial charge in [-0.3, -0.25) is 4.57 Å². The van der Waals surface area contributed by atoms with Crippen molar-refractivity contribution < 1.29 is 4.42 Å². The van der Waals surface area contributed by atoms with E-state index >= 15 is 0 Å². The van der Waals surface area contributed by atoms with Gasteiger partial charge in [0.1, 0.15) is 5.58 Å². The molecule has 4 heteroatoms. The summed E-state index contributed by atoms with van der Waals surface area (Å²) in [6.07, 6.45) is 0. The molecule has 0 aliphatic heterocycles. The fourth-order valence-corrected chi connectivity index (χ4v) is 9.74. The summed E-state index contributed by atoms with van der Waals surface area (Å²) in [5.74, 6) is 0. The van der Waals surface area contributed by atoms with Crippen molar-refractivity contribution in [2.45, 2.75) is 0 Å². The Morgan fingerprint density at radius 1 is 0.267 bits per heavy atom. The van der Waals surface area contributed by atoms with Crippen LogP contribution in [0.4, 0.5) is 0 Å². The van der Waals surface area contributed by atoms with E-state index in [1.807, 2.05) is 6.07 Å². The number of furan rings is 1. The number of benzene rings is 9. The lowest BCUT2D eigenvalue weighted by Gasteiger charge is -2.10. The van der Waals surface area contributed by atoms with Gasteiger partial charge in [0.25, 0.3) is 0 Å². The highest BCUT2D eigenvalue weighted by atomic mass is 16.3. The van der Waals surface area contributed by atoms with Crippen LogP contribution < -0.4 is 0 Å². The van der Waals surface area contributed by atoms with Crippen molar-refractivity contribution in [2.75, 3.05) is 0 Å². The highest BCUT2D eigenvalue weighted by molar-refractivity contribution is 6.20. The number of fused-ring (bicyclic) bond motifs is 11. The first-order chi connectivity index (χ1) is 29.8. The van der Waals surface area contributed by atoms with Crippen LogP contribution in [-0.4, -0.2) is 13.7 Å². The molecule has 4 nitrogen and oxygen atoms in total. The summed E-state index contributed by atoms with van der Waals surface area (Å²) < 4.78 is 13.6. The summed E-state index contributed by atoms with van der Waals surface area (Å²) in [4.78, 5) is 0. The van der Waals surface area contributed by atoms with Crippen LogP contribution >= 0.6 is 0 Å². The van der Waals surface area contributed by atoms with Crippen LogP contribution in [0.5, 0.6) is 0 Å². The first-order valence-electron chi connectivity index (χ1n) is 20.5. The van der Waals surface area contributed by atoms with Crippen molar-refractivity contribution >= 4 is 76.6 Å². The smallest absolute Gasteiger partial charge is 0.213 e. The van der Waals surface area contributed by atoms with Gasteiger partial charge in [0.05, 0.1) is 33.0 Å². The highest BCUT2D eigenvalue weighted by Gasteiger charge is 2.21. The molecule has 0 saturated heterocycles. The molecule has 4 aromatic heterocycles. The molecule has 4 heterocycles. The van der Waals surface area contributed by atoms with E-state index in [0.29, 0.717) is 0 Å². The van der Waals surface area contributed by atoms with Gasteiger partial charge in [0.2, 0.25) is 5.71 Å². The molecule has 0 N–H and O–H groups in total. The van der Waals surface area contributed by atoms with Gasteiger partial charge in [0, 0.05) is 49.4 Å². The van der Waals surface area contributed by atoms with Crippen LogP contribution in [0, 0.1) is 0 Å². The monoisotopic (exact) mass is 765 g/mol. The Bertz CT molecular complexity index is 3750. The summed E-state index contributed by atoms with van der Waals surface area (Å²) in [6, 6.07) is 76.7. The zero-order valence-electron chi connectivity index (χ0n) is 32.5. The fraction of sp³-hybridized carbons (Fsp3) is 0. The lowest BCUT2D eigenvalue weighted by atomic mass is 9.98. The largest absolute Gasteiger partial charge is 0.439 e. The van der Waals surface area contributed by atoms with Gasteiger partial charge >= 0.3 is 0 Å². The predicted molar refractivity (Wildman–Crippen MR) is 250 cm³/mol. The van der Waals surface area contributed by atoms with Crippen LogP contribution in [0.15, 0.2) is 217 Å². The minimum absolute atomic E-state index is 0.871. The summed E-state index contributed by atoms with van der Waals surface area (Å²) in [5.41, 5.74) is 15.8. The highest BCUT2D eigenvalue weighted by Crippen LogP contribution is 2.42. The number of rotatable bonds is 5. The number of aromatic nitrogens is 3. The van der Waals surface area contributed by atoms with Crippen molar-refractivity contribution in [1.82, 2.24) is 13.7 Å². The van der Waals surface area contributed by atoms with E-state index in [2.05, 4.69) is 220 Å². The first kappa shape index (κ1) is 32.9. The molecule has 0 radical (unpaired) electrons. The molecule has 0 atom stereocenters.